The fraction of sp³-hybridized carbons (Fsp3) is 0.0833. The number of amides is 2. The van der Waals surface area contributed by atoms with Crippen LogP contribution < -0.4 is 10.1 Å². The maximum Gasteiger partial charge on any atom is 0.339 e. The van der Waals surface area contributed by atoms with Crippen LogP contribution in [0, 0.1) is 0 Å². The van der Waals surface area contributed by atoms with E-state index < -0.39 is 24.4 Å². The molecule has 160 valence electrons. The second-order valence-corrected chi connectivity index (χ2v) is 7.68. The highest BCUT2D eigenvalue weighted by Gasteiger charge is 2.18. The molecule has 0 unspecified atom stereocenters. The van der Waals surface area contributed by atoms with Crippen LogP contribution >= 0.6 is 11.3 Å². The molecule has 0 aliphatic heterocycles. The molecule has 0 spiro atoms. The monoisotopic (exact) mass is 446 g/mol. The second kappa shape index (κ2) is 9.40. The summed E-state index contributed by atoms with van der Waals surface area (Å²) in [5.41, 5.74) is 1.87. The van der Waals surface area contributed by atoms with Gasteiger partial charge in [-0.1, -0.05) is 24.3 Å². The molecule has 0 saturated carbocycles. The Labute approximate surface area is 187 Å². The van der Waals surface area contributed by atoms with Crippen molar-refractivity contribution < 1.29 is 23.9 Å². The molecule has 4 aromatic rings. The molecule has 1 N–H and O–H groups in total. The van der Waals surface area contributed by atoms with E-state index in [-0.39, 0.29) is 5.56 Å². The van der Waals surface area contributed by atoms with E-state index in [2.05, 4.69) is 10.3 Å². The topological polar surface area (TPSA) is 94.6 Å². The zero-order valence-corrected chi connectivity index (χ0v) is 17.8. The zero-order valence-electron chi connectivity index (χ0n) is 17.0. The molecule has 2 amide bonds. The molecule has 0 aliphatic carbocycles. The Morgan fingerprint density at radius 3 is 2.50 bits per heavy atom. The van der Waals surface area contributed by atoms with Crippen molar-refractivity contribution in [3.05, 3.63) is 83.2 Å². The van der Waals surface area contributed by atoms with Gasteiger partial charge < -0.3 is 9.47 Å². The highest BCUT2D eigenvalue weighted by molar-refractivity contribution is 7.13. The van der Waals surface area contributed by atoms with Crippen molar-refractivity contribution in [1.82, 2.24) is 10.3 Å². The Bertz CT molecular complexity index is 1280. The van der Waals surface area contributed by atoms with Gasteiger partial charge in [-0.3, -0.25) is 14.9 Å². The van der Waals surface area contributed by atoms with Gasteiger partial charge in [0.15, 0.2) is 6.61 Å². The quantitative estimate of drug-likeness (QED) is 0.449. The summed E-state index contributed by atoms with van der Waals surface area (Å²) in [7, 11) is 1.52. The largest absolute Gasteiger partial charge is 0.497 e. The molecular weight excluding hydrogens is 428 g/mol. The predicted octanol–water partition coefficient (Wildman–Crippen LogP) is 4.09. The van der Waals surface area contributed by atoms with Crippen LogP contribution in [0.5, 0.6) is 5.75 Å². The Morgan fingerprint density at radius 1 is 1.00 bits per heavy atom. The van der Waals surface area contributed by atoms with Crippen molar-refractivity contribution in [2.75, 3.05) is 13.7 Å². The number of fused-ring (bicyclic) bond motifs is 1. The Hall–Kier alpha value is -4.04. The van der Waals surface area contributed by atoms with Crippen LogP contribution in [0.3, 0.4) is 0 Å². The van der Waals surface area contributed by atoms with Gasteiger partial charge in [-0.25, -0.2) is 9.78 Å². The van der Waals surface area contributed by atoms with Crippen LogP contribution in [0.1, 0.15) is 20.7 Å². The molecule has 2 heterocycles. The maximum absolute atomic E-state index is 12.8. The van der Waals surface area contributed by atoms with Gasteiger partial charge in [0, 0.05) is 10.9 Å². The lowest BCUT2D eigenvalue weighted by Crippen LogP contribution is -2.34. The van der Waals surface area contributed by atoms with Gasteiger partial charge in [0.25, 0.3) is 11.8 Å². The number of carbonyl (C=O) groups is 3. The number of methoxy groups -OCH3 is 1. The average molecular weight is 446 g/mol. The van der Waals surface area contributed by atoms with Crippen molar-refractivity contribution >= 4 is 40.0 Å². The zero-order chi connectivity index (χ0) is 22.5. The third-order valence-electron chi connectivity index (χ3n) is 4.65. The Balaban J connectivity index is 1.46. The average Bonchev–Trinajstić information content (AvgIpc) is 3.37. The standard InChI is InChI=1S/C24H18N2O5S/c1-30-16-10-8-15(9-11-16)23(28)26-22(27)14-31-24(29)18-13-20(21-7-4-12-32-21)25-19-6-3-2-5-17(18)19/h2-13H,14H2,1H3,(H,26,27,28). The normalized spacial score (nSPS) is 10.5. The first-order valence-corrected chi connectivity index (χ1v) is 10.5. The summed E-state index contributed by atoms with van der Waals surface area (Å²) in [6.45, 7) is -0.592. The lowest BCUT2D eigenvalue weighted by Gasteiger charge is -2.10. The third-order valence-corrected chi connectivity index (χ3v) is 5.54. The van der Waals surface area contributed by atoms with E-state index in [9.17, 15) is 14.4 Å². The van der Waals surface area contributed by atoms with Gasteiger partial charge in [-0.2, -0.15) is 0 Å². The van der Waals surface area contributed by atoms with E-state index in [0.717, 1.165) is 4.88 Å². The number of imide groups is 1. The van der Waals surface area contributed by atoms with E-state index >= 15 is 0 Å². The summed E-state index contributed by atoms with van der Waals surface area (Å²) in [5.74, 6) is -1.40. The summed E-state index contributed by atoms with van der Waals surface area (Å²) in [6.07, 6.45) is 0. The number of hydrogen-bond donors (Lipinski definition) is 1. The van der Waals surface area contributed by atoms with Gasteiger partial charge in [-0.05, 0) is 47.8 Å². The number of aromatic nitrogens is 1. The Morgan fingerprint density at radius 2 is 1.78 bits per heavy atom. The van der Waals surface area contributed by atoms with Crippen molar-refractivity contribution in [3.8, 4) is 16.3 Å². The number of rotatable bonds is 6. The second-order valence-electron chi connectivity index (χ2n) is 6.73. The molecule has 0 bridgehead atoms. The van der Waals surface area contributed by atoms with Gasteiger partial charge >= 0.3 is 5.97 Å². The number of hydrogen-bond acceptors (Lipinski definition) is 7. The van der Waals surface area contributed by atoms with Gasteiger partial charge in [0.1, 0.15) is 5.75 Å². The molecule has 4 rings (SSSR count). The molecule has 0 atom stereocenters. The Kier molecular flexibility index (Phi) is 6.23. The number of nitrogens with zero attached hydrogens (tertiary/aromatic N) is 1. The molecule has 0 aliphatic rings. The van der Waals surface area contributed by atoms with Crippen LogP contribution in [0.25, 0.3) is 21.5 Å². The SMILES string of the molecule is COc1ccc(C(=O)NC(=O)COC(=O)c2cc(-c3cccs3)nc3ccccc23)cc1. The van der Waals surface area contributed by atoms with Crippen LogP contribution in [0.15, 0.2) is 72.1 Å². The molecule has 7 nitrogen and oxygen atoms in total. The van der Waals surface area contributed by atoms with E-state index in [0.29, 0.717) is 27.9 Å². The molecule has 2 aromatic heterocycles. The lowest BCUT2D eigenvalue weighted by molar-refractivity contribution is -0.123. The minimum Gasteiger partial charge on any atom is -0.497 e. The van der Waals surface area contributed by atoms with Crippen molar-refractivity contribution in [3.63, 3.8) is 0 Å². The van der Waals surface area contributed by atoms with Crippen LogP contribution in [-0.4, -0.2) is 36.5 Å². The first-order chi connectivity index (χ1) is 15.5. The number of carbonyl (C=O) groups excluding carboxylic acids is 3. The molecule has 8 heteroatoms. The van der Waals surface area contributed by atoms with Crippen molar-refractivity contribution in [2.24, 2.45) is 0 Å². The summed E-state index contributed by atoms with van der Waals surface area (Å²) in [6, 6.07) is 19.0. The summed E-state index contributed by atoms with van der Waals surface area (Å²) in [4.78, 5) is 42.7. The van der Waals surface area contributed by atoms with E-state index in [1.807, 2.05) is 29.6 Å². The minimum atomic E-state index is -0.726. The first kappa shape index (κ1) is 21.2. The number of pyridine rings is 1. The summed E-state index contributed by atoms with van der Waals surface area (Å²) >= 11 is 1.51. The first-order valence-electron chi connectivity index (χ1n) is 9.64. The molecule has 0 radical (unpaired) electrons. The predicted molar refractivity (Wildman–Crippen MR) is 121 cm³/mol. The fourth-order valence-corrected chi connectivity index (χ4v) is 3.77. The van der Waals surface area contributed by atoms with E-state index in [4.69, 9.17) is 9.47 Å². The van der Waals surface area contributed by atoms with Gasteiger partial charge in [0.2, 0.25) is 0 Å². The highest BCUT2D eigenvalue weighted by Crippen LogP contribution is 2.28. The third kappa shape index (κ3) is 4.65. The van der Waals surface area contributed by atoms with Crippen molar-refractivity contribution in [1.29, 1.82) is 0 Å². The number of ether oxygens (including phenoxy) is 2. The molecule has 32 heavy (non-hydrogen) atoms. The summed E-state index contributed by atoms with van der Waals surface area (Å²) in [5, 5.41) is 4.75. The molecular formula is C24H18N2O5S. The van der Waals surface area contributed by atoms with Crippen LogP contribution in [0.4, 0.5) is 0 Å². The maximum atomic E-state index is 12.8. The smallest absolute Gasteiger partial charge is 0.339 e. The number of nitrogens with one attached hydrogen (secondary N) is 1. The van der Waals surface area contributed by atoms with Crippen LogP contribution in [0.2, 0.25) is 0 Å². The molecule has 0 saturated heterocycles. The molecule has 0 fully saturated rings. The van der Waals surface area contributed by atoms with E-state index in [1.54, 1.807) is 30.3 Å². The molecule has 2 aromatic carbocycles. The fourth-order valence-electron chi connectivity index (χ4n) is 3.08. The van der Waals surface area contributed by atoms with Crippen molar-refractivity contribution in [2.45, 2.75) is 0 Å². The van der Waals surface area contributed by atoms with Gasteiger partial charge in [0.05, 0.1) is 28.8 Å². The minimum absolute atomic E-state index is 0.284. The number of esters is 1. The van der Waals surface area contributed by atoms with E-state index in [1.165, 1.54) is 30.6 Å². The lowest BCUT2D eigenvalue weighted by atomic mass is 10.1. The number of thiophene rings is 1. The summed E-state index contributed by atoms with van der Waals surface area (Å²) < 4.78 is 10.2. The number of benzene rings is 2. The van der Waals surface area contributed by atoms with Gasteiger partial charge in [-0.15, -0.1) is 11.3 Å². The number of para-hydroxylation sites is 1. The van der Waals surface area contributed by atoms with Crippen LogP contribution in [-0.2, 0) is 9.53 Å². The highest BCUT2D eigenvalue weighted by atomic mass is 32.1.